The predicted molar refractivity (Wildman–Crippen MR) is 79.7 cm³/mol. The van der Waals surface area contributed by atoms with E-state index in [4.69, 9.17) is 4.74 Å². The number of rotatable bonds is 6. The fourth-order valence-corrected chi connectivity index (χ4v) is 2.39. The van der Waals surface area contributed by atoms with Gasteiger partial charge in [-0.3, -0.25) is 10.1 Å². The highest BCUT2D eigenvalue weighted by Gasteiger charge is 2.28. The molecule has 1 aliphatic rings. The maximum atomic E-state index is 11.4. The second-order valence-electron chi connectivity index (χ2n) is 5.24. The van der Waals surface area contributed by atoms with E-state index in [1.807, 2.05) is 4.90 Å². The summed E-state index contributed by atoms with van der Waals surface area (Å²) in [4.78, 5) is 21.1. The Kier molecular flexibility index (Phi) is 5.26. The lowest BCUT2D eigenvalue weighted by molar-refractivity contribution is -0.383. The predicted octanol–water partition coefficient (Wildman–Crippen LogP) is 1.68. The fourth-order valence-electron chi connectivity index (χ4n) is 2.39. The van der Waals surface area contributed by atoms with Crippen LogP contribution in [0.4, 0.5) is 17.3 Å². The third-order valence-electron chi connectivity index (χ3n) is 3.67. The summed E-state index contributed by atoms with van der Waals surface area (Å²) in [5.74, 6) is 1.31. The molecule has 2 heterocycles. The van der Waals surface area contributed by atoms with Crippen molar-refractivity contribution < 1.29 is 9.66 Å². The zero-order chi connectivity index (χ0) is 15.2. The maximum Gasteiger partial charge on any atom is 0.353 e. The van der Waals surface area contributed by atoms with Crippen LogP contribution in [0.3, 0.4) is 0 Å². The molecule has 1 aliphatic heterocycles. The van der Waals surface area contributed by atoms with E-state index in [-0.39, 0.29) is 11.5 Å². The molecule has 0 aromatic carbocycles. The van der Waals surface area contributed by atoms with Crippen molar-refractivity contribution in [2.45, 2.75) is 19.8 Å². The Morgan fingerprint density at radius 1 is 1.48 bits per heavy atom. The fraction of sp³-hybridized carbons (Fsp3) is 0.692. The molecule has 0 atom stereocenters. The van der Waals surface area contributed by atoms with E-state index < -0.39 is 4.92 Å². The van der Waals surface area contributed by atoms with Crippen molar-refractivity contribution in [3.8, 4) is 0 Å². The van der Waals surface area contributed by atoms with Crippen LogP contribution in [0.1, 0.15) is 19.8 Å². The Labute approximate surface area is 123 Å². The van der Waals surface area contributed by atoms with E-state index in [1.165, 1.54) is 6.33 Å². The summed E-state index contributed by atoms with van der Waals surface area (Å²) in [6, 6.07) is 0. The minimum absolute atomic E-state index is 0.0526. The van der Waals surface area contributed by atoms with Gasteiger partial charge in [0.1, 0.15) is 6.33 Å². The smallest absolute Gasteiger partial charge is 0.353 e. The molecule has 0 spiro atoms. The molecule has 1 N–H and O–H groups in total. The van der Waals surface area contributed by atoms with Crippen LogP contribution >= 0.6 is 0 Å². The molecule has 0 radical (unpaired) electrons. The first kappa shape index (κ1) is 15.4. The Morgan fingerprint density at radius 2 is 2.19 bits per heavy atom. The van der Waals surface area contributed by atoms with Crippen molar-refractivity contribution in [3.05, 3.63) is 16.4 Å². The van der Waals surface area contributed by atoms with Gasteiger partial charge in [0.2, 0.25) is 11.6 Å². The Balaban J connectivity index is 2.23. The molecule has 2 rings (SSSR count). The van der Waals surface area contributed by atoms with Crippen LogP contribution in [-0.4, -0.2) is 48.2 Å². The van der Waals surface area contributed by atoms with Gasteiger partial charge in [0.15, 0.2) is 0 Å². The molecule has 1 fully saturated rings. The molecule has 0 unspecified atom stereocenters. The summed E-state index contributed by atoms with van der Waals surface area (Å²) in [5.41, 5.74) is -0.0526. The lowest BCUT2D eigenvalue weighted by Crippen LogP contribution is -2.34. The van der Waals surface area contributed by atoms with E-state index in [0.717, 1.165) is 25.9 Å². The van der Waals surface area contributed by atoms with Gasteiger partial charge in [0, 0.05) is 26.7 Å². The van der Waals surface area contributed by atoms with Gasteiger partial charge in [0.25, 0.3) is 0 Å². The maximum absolute atomic E-state index is 11.4. The molecule has 21 heavy (non-hydrogen) atoms. The quantitative estimate of drug-likeness (QED) is 0.484. The summed E-state index contributed by atoms with van der Waals surface area (Å²) in [7, 11) is 1.58. The average molecular weight is 295 g/mol. The van der Waals surface area contributed by atoms with Gasteiger partial charge >= 0.3 is 5.69 Å². The van der Waals surface area contributed by atoms with Crippen LogP contribution in [-0.2, 0) is 4.74 Å². The van der Waals surface area contributed by atoms with Crippen LogP contribution in [0, 0.1) is 16.0 Å². The Bertz CT molecular complexity index is 489. The van der Waals surface area contributed by atoms with E-state index in [9.17, 15) is 10.1 Å². The van der Waals surface area contributed by atoms with Gasteiger partial charge in [-0.2, -0.15) is 0 Å². The third kappa shape index (κ3) is 3.78. The van der Waals surface area contributed by atoms with Crippen molar-refractivity contribution in [1.29, 1.82) is 0 Å². The molecule has 0 amide bonds. The number of ether oxygens (including phenoxy) is 1. The topological polar surface area (TPSA) is 93.4 Å². The summed E-state index contributed by atoms with van der Waals surface area (Å²) in [6.07, 6.45) is 3.41. The first-order chi connectivity index (χ1) is 10.1. The van der Waals surface area contributed by atoms with Crippen molar-refractivity contribution >= 4 is 17.3 Å². The van der Waals surface area contributed by atoms with Crippen LogP contribution in [0.5, 0.6) is 0 Å². The number of methoxy groups -OCH3 is 1. The number of hydrogen-bond acceptors (Lipinski definition) is 7. The number of nitrogens with one attached hydrogen (secondary N) is 1. The summed E-state index contributed by atoms with van der Waals surface area (Å²) in [5, 5.41) is 14.3. The first-order valence-corrected chi connectivity index (χ1v) is 7.10. The van der Waals surface area contributed by atoms with Crippen LogP contribution in [0.2, 0.25) is 0 Å². The number of nitro groups is 1. The van der Waals surface area contributed by atoms with Gasteiger partial charge in [-0.1, -0.05) is 6.92 Å². The zero-order valence-corrected chi connectivity index (χ0v) is 12.4. The summed E-state index contributed by atoms with van der Waals surface area (Å²) >= 11 is 0. The molecule has 116 valence electrons. The van der Waals surface area contributed by atoms with Gasteiger partial charge in [-0.05, 0) is 18.8 Å². The third-order valence-corrected chi connectivity index (χ3v) is 3.67. The van der Waals surface area contributed by atoms with Crippen molar-refractivity contribution in [2.75, 3.05) is 43.6 Å². The molecule has 8 nitrogen and oxygen atoms in total. The largest absolute Gasteiger partial charge is 0.383 e. The molecule has 0 bridgehead atoms. The van der Waals surface area contributed by atoms with Crippen molar-refractivity contribution in [3.63, 3.8) is 0 Å². The zero-order valence-electron chi connectivity index (χ0n) is 12.4. The summed E-state index contributed by atoms with van der Waals surface area (Å²) < 4.78 is 4.94. The molecule has 0 aliphatic carbocycles. The number of nitrogens with zero attached hydrogens (tertiary/aromatic N) is 4. The highest BCUT2D eigenvalue weighted by Crippen LogP contribution is 2.33. The van der Waals surface area contributed by atoms with Crippen molar-refractivity contribution in [1.82, 2.24) is 9.97 Å². The molecule has 1 aromatic rings. The lowest BCUT2D eigenvalue weighted by Gasteiger charge is -2.30. The Hall–Kier alpha value is -1.96. The Morgan fingerprint density at radius 3 is 2.81 bits per heavy atom. The standard InChI is InChI=1S/C13H21N5O3/c1-10-3-6-17(7-4-10)13-11(18(19)20)12(15-9-16-13)14-5-8-21-2/h9-10H,3-8H2,1-2H3,(H,14,15,16). The lowest BCUT2D eigenvalue weighted by atomic mass is 9.99. The minimum atomic E-state index is -0.414. The van der Waals surface area contributed by atoms with E-state index in [2.05, 4.69) is 22.2 Å². The highest BCUT2D eigenvalue weighted by atomic mass is 16.6. The van der Waals surface area contributed by atoms with Crippen LogP contribution in [0.25, 0.3) is 0 Å². The first-order valence-electron chi connectivity index (χ1n) is 7.10. The van der Waals surface area contributed by atoms with Crippen molar-refractivity contribution in [2.24, 2.45) is 5.92 Å². The number of piperidine rings is 1. The summed E-state index contributed by atoms with van der Waals surface area (Å²) in [6.45, 7) is 4.69. The number of hydrogen-bond donors (Lipinski definition) is 1. The second-order valence-corrected chi connectivity index (χ2v) is 5.24. The molecule has 8 heteroatoms. The molecular formula is C13H21N5O3. The SMILES string of the molecule is COCCNc1ncnc(N2CCC(C)CC2)c1[N+](=O)[O-]. The number of anilines is 2. The van der Waals surface area contributed by atoms with Crippen LogP contribution in [0.15, 0.2) is 6.33 Å². The van der Waals surface area contributed by atoms with Gasteiger partial charge in [-0.25, -0.2) is 9.97 Å². The van der Waals surface area contributed by atoms with Crippen LogP contribution < -0.4 is 10.2 Å². The number of aromatic nitrogens is 2. The van der Waals surface area contributed by atoms with E-state index in [1.54, 1.807) is 7.11 Å². The molecule has 0 saturated carbocycles. The normalized spacial score (nSPS) is 16.0. The molecule has 1 saturated heterocycles. The van der Waals surface area contributed by atoms with Gasteiger partial charge < -0.3 is 15.0 Å². The van der Waals surface area contributed by atoms with E-state index in [0.29, 0.717) is 24.9 Å². The van der Waals surface area contributed by atoms with Gasteiger partial charge in [-0.15, -0.1) is 0 Å². The molecule has 1 aromatic heterocycles. The van der Waals surface area contributed by atoms with E-state index >= 15 is 0 Å². The second kappa shape index (κ2) is 7.16. The monoisotopic (exact) mass is 295 g/mol. The van der Waals surface area contributed by atoms with Gasteiger partial charge in [0.05, 0.1) is 11.5 Å². The average Bonchev–Trinajstić information content (AvgIpc) is 2.48. The minimum Gasteiger partial charge on any atom is -0.383 e. The highest BCUT2D eigenvalue weighted by molar-refractivity contribution is 5.70. The molecular weight excluding hydrogens is 274 g/mol.